The molecule has 4 aromatic rings. The van der Waals surface area contributed by atoms with E-state index in [0.717, 1.165) is 17.6 Å². The van der Waals surface area contributed by atoms with Crippen LogP contribution < -0.4 is 5.32 Å². The summed E-state index contributed by atoms with van der Waals surface area (Å²) < 4.78 is 0. The number of hydrogen-bond acceptors (Lipinski definition) is 2. The minimum absolute atomic E-state index is 1.00. The first kappa shape index (κ1) is 17.5. The first-order valence-electron chi connectivity index (χ1n) is 9.97. The van der Waals surface area contributed by atoms with Crippen molar-refractivity contribution in [3.8, 4) is 0 Å². The maximum Gasteiger partial charge on any atom is 0.0730 e. The van der Waals surface area contributed by atoms with Gasteiger partial charge in [0.05, 0.1) is 16.7 Å². The van der Waals surface area contributed by atoms with Gasteiger partial charge in [0, 0.05) is 17.3 Å². The molecule has 0 aliphatic rings. The van der Waals surface area contributed by atoms with Crippen molar-refractivity contribution in [2.24, 2.45) is 0 Å². The predicted octanol–water partition coefficient (Wildman–Crippen LogP) is 6.60. The number of pyridine rings is 1. The molecule has 136 valence electrons. The molecule has 0 amide bonds. The molecule has 0 saturated carbocycles. The average Bonchev–Trinajstić information content (AvgIpc) is 2.73. The summed E-state index contributed by atoms with van der Waals surface area (Å²) in [5, 5.41) is 6.12. The van der Waals surface area contributed by atoms with Crippen LogP contribution in [0.4, 0.5) is 5.69 Å². The number of fused-ring (bicyclic) bond motifs is 2. The van der Waals surface area contributed by atoms with Crippen LogP contribution in [-0.4, -0.2) is 11.5 Å². The smallest absolute Gasteiger partial charge is 0.0730 e. The molecule has 0 aliphatic carbocycles. The monoisotopic (exact) mass is 354 g/mol. The summed E-state index contributed by atoms with van der Waals surface area (Å²) in [5.41, 5.74) is 4.79. The molecule has 0 atom stereocenters. The number of benzene rings is 3. The van der Waals surface area contributed by atoms with Crippen LogP contribution in [0.1, 0.15) is 31.2 Å². The summed E-state index contributed by atoms with van der Waals surface area (Å²) in [7, 11) is 0. The second-order valence-corrected chi connectivity index (χ2v) is 7.10. The Hall–Kier alpha value is -2.87. The number of rotatable bonds is 8. The summed E-state index contributed by atoms with van der Waals surface area (Å²) in [4.78, 5) is 4.80. The minimum atomic E-state index is 1.00. The Morgan fingerprint density at radius 3 is 1.89 bits per heavy atom. The van der Waals surface area contributed by atoms with E-state index >= 15 is 0 Å². The van der Waals surface area contributed by atoms with Crippen molar-refractivity contribution in [2.75, 3.05) is 11.9 Å². The molecular formula is C25H26N2. The molecule has 3 aromatic carbocycles. The number of para-hydroxylation sites is 2. The summed E-state index contributed by atoms with van der Waals surface area (Å²) in [6, 6.07) is 27.6. The highest BCUT2D eigenvalue weighted by molar-refractivity contribution is 6.07. The number of anilines is 1. The zero-order chi connectivity index (χ0) is 18.3. The van der Waals surface area contributed by atoms with E-state index in [1.807, 2.05) is 0 Å². The quantitative estimate of drug-likeness (QED) is 0.285. The molecule has 1 aromatic heterocycles. The normalized spacial score (nSPS) is 11.1. The Bertz CT molecular complexity index is 954. The van der Waals surface area contributed by atoms with E-state index in [1.165, 1.54) is 54.1 Å². The van der Waals surface area contributed by atoms with Crippen LogP contribution in [0.3, 0.4) is 0 Å². The zero-order valence-corrected chi connectivity index (χ0v) is 15.7. The molecule has 0 spiro atoms. The second kappa shape index (κ2) is 8.68. The predicted molar refractivity (Wildman–Crippen MR) is 116 cm³/mol. The molecule has 4 rings (SSSR count). The number of unbranched alkanes of at least 4 members (excludes halogenated alkanes) is 3. The van der Waals surface area contributed by atoms with Gasteiger partial charge in [-0.3, -0.25) is 0 Å². The molecule has 0 fully saturated rings. The SMILES string of the molecule is c1ccc(CCCCCCNc2c3ccccc3nc3ccccc23)cc1. The second-order valence-electron chi connectivity index (χ2n) is 7.10. The highest BCUT2D eigenvalue weighted by Gasteiger charge is 2.07. The van der Waals surface area contributed by atoms with Gasteiger partial charge in [-0.1, -0.05) is 79.6 Å². The van der Waals surface area contributed by atoms with Gasteiger partial charge in [-0.15, -0.1) is 0 Å². The lowest BCUT2D eigenvalue weighted by Crippen LogP contribution is -2.03. The van der Waals surface area contributed by atoms with Gasteiger partial charge in [0.2, 0.25) is 0 Å². The number of nitrogens with zero attached hydrogens (tertiary/aromatic N) is 1. The molecule has 0 bridgehead atoms. The van der Waals surface area contributed by atoms with Crippen LogP contribution in [0.15, 0.2) is 78.9 Å². The molecule has 0 radical (unpaired) electrons. The lowest BCUT2D eigenvalue weighted by Gasteiger charge is -2.13. The maximum absolute atomic E-state index is 4.80. The van der Waals surface area contributed by atoms with Crippen LogP contribution in [0, 0.1) is 0 Å². The van der Waals surface area contributed by atoms with E-state index in [-0.39, 0.29) is 0 Å². The van der Waals surface area contributed by atoms with Gasteiger partial charge in [-0.2, -0.15) is 0 Å². The van der Waals surface area contributed by atoms with Crippen LogP contribution in [0.5, 0.6) is 0 Å². The molecule has 0 aliphatic heterocycles. The standard InChI is InChI=1S/C25H26N2/c1(4-12-20-13-5-3-6-14-20)2-11-19-26-25-21-15-7-9-17-23(21)27-24-18-10-8-16-22(24)25/h3,5-10,13-18H,1-2,4,11-12,19H2,(H,26,27). The van der Waals surface area contributed by atoms with Gasteiger partial charge in [-0.05, 0) is 37.0 Å². The fourth-order valence-corrected chi connectivity index (χ4v) is 3.70. The summed E-state index contributed by atoms with van der Waals surface area (Å²) in [5.74, 6) is 0. The third-order valence-electron chi connectivity index (χ3n) is 5.12. The zero-order valence-electron chi connectivity index (χ0n) is 15.7. The van der Waals surface area contributed by atoms with Crippen molar-refractivity contribution in [1.82, 2.24) is 4.98 Å². The summed E-state index contributed by atoms with van der Waals surface area (Å²) in [6.07, 6.45) is 6.20. The molecule has 1 N–H and O–H groups in total. The van der Waals surface area contributed by atoms with Crippen LogP contribution in [0.25, 0.3) is 21.8 Å². The molecular weight excluding hydrogens is 328 g/mol. The van der Waals surface area contributed by atoms with E-state index in [1.54, 1.807) is 0 Å². The number of aryl methyl sites for hydroxylation is 1. The number of nitrogens with one attached hydrogen (secondary N) is 1. The van der Waals surface area contributed by atoms with Gasteiger partial charge in [0.25, 0.3) is 0 Å². The van der Waals surface area contributed by atoms with Crippen LogP contribution in [0.2, 0.25) is 0 Å². The van der Waals surface area contributed by atoms with Gasteiger partial charge in [-0.25, -0.2) is 4.98 Å². The molecule has 2 heteroatoms. The van der Waals surface area contributed by atoms with Crippen molar-refractivity contribution in [3.05, 3.63) is 84.4 Å². The Labute approximate surface area is 161 Å². The molecule has 27 heavy (non-hydrogen) atoms. The van der Waals surface area contributed by atoms with E-state index in [0.29, 0.717) is 0 Å². The maximum atomic E-state index is 4.80. The summed E-state index contributed by atoms with van der Waals surface area (Å²) in [6.45, 7) is 1.00. The largest absolute Gasteiger partial charge is 0.384 e. The fourth-order valence-electron chi connectivity index (χ4n) is 3.70. The van der Waals surface area contributed by atoms with Crippen molar-refractivity contribution in [1.29, 1.82) is 0 Å². The van der Waals surface area contributed by atoms with E-state index in [9.17, 15) is 0 Å². The molecule has 0 unspecified atom stereocenters. The molecule has 2 nitrogen and oxygen atoms in total. The number of aromatic nitrogens is 1. The van der Waals surface area contributed by atoms with Crippen molar-refractivity contribution in [3.63, 3.8) is 0 Å². The Kier molecular flexibility index (Phi) is 5.64. The van der Waals surface area contributed by atoms with Gasteiger partial charge >= 0.3 is 0 Å². The van der Waals surface area contributed by atoms with E-state index < -0.39 is 0 Å². The van der Waals surface area contributed by atoms with E-state index in [2.05, 4.69) is 84.2 Å². The average molecular weight is 354 g/mol. The molecule has 1 heterocycles. The first-order valence-corrected chi connectivity index (χ1v) is 9.97. The van der Waals surface area contributed by atoms with Crippen LogP contribution >= 0.6 is 0 Å². The Balaban J connectivity index is 1.34. The van der Waals surface area contributed by atoms with E-state index in [4.69, 9.17) is 4.98 Å². The van der Waals surface area contributed by atoms with Crippen molar-refractivity contribution >= 4 is 27.5 Å². The lowest BCUT2D eigenvalue weighted by molar-refractivity contribution is 0.655. The van der Waals surface area contributed by atoms with Gasteiger partial charge < -0.3 is 5.32 Å². The van der Waals surface area contributed by atoms with Crippen molar-refractivity contribution in [2.45, 2.75) is 32.1 Å². The fraction of sp³-hybridized carbons (Fsp3) is 0.240. The third kappa shape index (κ3) is 4.28. The van der Waals surface area contributed by atoms with Crippen molar-refractivity contribution < 1.29 is 0 Å². The molecule has 0 saturated heterocycles. The topological polar surface area (TPSA) is 24.9 Å². The van der Waals surface area contributed by atoms with Crippen LogP contribution in [-0.2, 0) is 6.42 Å². The number of hydrogen-bond donors (Lipinski definition) is 1. The Morgan fingerprint density at radius 2 is 1.19 bits per heavy atom. The highest BCUT2D eigenvalue weighted by Crippen LogP contribution is 2.30. The lowest BCUT2D eigenvalue weighted by atomic mass is 10.1. The third-order valence-corrected chi connectivity index (χ3v) is 5.12. The minimum Gasteiger partial charge on any atom is -0.384 e. The highest BCUT2D eigenvalue weighted by atomic mass is 14.9. The summed E-state index contributed by atoms with van der Waals surface area (Å²) >= 11 is 0. The van der Waals surface area contributed by atoms with Gasteiger partial charge in [0.15, 0.2) is 0 Å². The first-order chi connectivity index (χ1) is 13.4. The Morgan fingerprint density at radius 1 is 0.593 bits per heavy atom. The van der Waals surface area contributed by atoms with Gasteiger partial charge in [0.1, 0.15) is 0 Å².